The first kappa shape index (κ1) is 25.1. The Hall–Kier alpha value is -2.14. The standard InChI is InChI=1S/C22H27FN6S.HI/c1-17-27-28-21(29(17)2)16-26-22(25-15-18-7-4-3-5-8-18)24-13-6-14-30-20-11-9-19(23)10-12-20;/h3-5,7-12H,6,13-16H2,1-2H3,(H2,24,25,26);1H. The first-order valence-corrected chi connectivity index (χ1v) is 10.9. The third-order valence-corrected chi connectivity index (χ3v) is 5.65. The monoisotopic (exact) mass is 554 g/mol. The minimum absolute atomic E-state index is 0. The van der Waals surface area contributed by atoms with Crippen LogP contribution < -0.4 is 10.6 Å². The van der Waals surface area contributed by atoms with Gasteiger partial charge in [0, 0.05) is 18.5 Å². The molecule has 9 heteroatoms. The van der Waals surface area contributed by atoms with Crippen LogP contribution in [0.3, 0.4) is 0 Å². The summed E-state index contributed by atoms with van der Waals surface area (Å²) in [7, 11) is 1.95. The molecule has 0 radical (unpaired) electrons. The van der Waals surface area contributed by atoms with E-state index in [0.29, 0.717) is 13.1 Å². The first-order valence-electron chi connectivity index (χ1n) is 9.91. The molecule has 0 aliphatic rings. The van der Waals surface area contributed by atoms with Crippen molar-refractivity contribution in [2.24, 2.45) is 12.0 Å². The summed E-state index contributed by atoms with van der Waals surface area (Å²) in [5.41, 5.74) is 1.15. The number of benzene rings is 2. The number of nitrogens with zero attached hydrogens (tertiary/aromatic N) is 4. The highest BCUT2D eigenvalue weighted by Crippen LogP contribution is 2.18. The molecule has 1 heterocycles. The lowest BCUT2D eigenvalue weighted by Crippen LogP contribution is -2.38. The number of aliphatic imine (C=N–C) groups is 1. The van der Waals surface area contributed by atoms with Crippen molar-refractivity contribution >= 4 is 41.7 Å². The summed E-state index contributed by atoms with van der Waals surface area (Å²) in [6.07, 6.45) is 0.956. The van der Waals surface area contributed by atoms with Crippen molar-refractivity contribution in [3.05, 3.63) is 77.6 Å². The Morgan fingerprint density at radius 2 is 1.81 bits per heavy atom. The van der Waals surface area contributed by atoms with Crippen molar-refractivity contribution in [3.63, 3.8) is 0 Å². The van der Waals surface area contributed by atoms with Gasteiger partial charge in [0.05, 0.1) is 13.1 Å². The average Bonchev–Trinajstić information content (AvgIpc) is 3.09. The number of aromatic nitrogens is 3. The lowest BCUT2D eigenvalue weighted by Gasteiger charge is -2.12. The molecule has 0 aliphatic carbocycles. The Morgan fingerprint density at radius 1 is 1.06 bits per heavy atom. The van der Waals surface area contributed by atoms with Gasteiger partial charge in [0.25, 0.3) is 0 Å². The van der Waals surface area contributed by atoms with Crippen molar-refractivity contribution in [2.45, 2.75) is 31.3 Å². The fourth-order valence-electron chi connectivity index (χ4n) is 2.70. The highest BCUT2D eigenvalue weighted by Gasteiger charge is 2.06. The number of nitrogens with one attached hydrogen (secondary N) is 2. The van der Waals surface area contributed by atoms with Gasteiger partial charge < -0.3 is 15.2 Å². The molecule has 31 heavy (non-hydrogen) atoms. The van der Waals surface area contributed by atoms with E-state index < -0.39 is 0 Å². The minimum atomic E-state index is -0.204. The van der Waals surface area contributed by atoms with Crippen molar-refractivity contribution in [3.8, 4) is 0 Å². The Morgan fingerprint density at radius 3 is 2.48 bits per heavy atom. The quantitative estimate of drug-likeness (QED) is 0.136. The van der Waals surface area contributed by atoms with Crippen molar-refractivity contribution in [1.29, 1.82) is 0 Å². The molecule has 3 aromatic rings. The lowest BCUT2D eigenvalue weighted by molar-refractivity contribution is 0.626. The van der Waals surface area contributed by atoms with Gasteiger partial charge in [-0.15, -0.1) is 45.9 Å². The van der Waals surface area contributed by atoms with Crippen LogP contribution in [0.4, 0.5) is 4.39 Å². The van der Waals surface area contributed by atoms with E-state index in [2.05, 4.69) is 33.0 Å². The summed E-state index contributed by atoms with van der Waals surface area (Å²) in [5.74, 6) is 3.21. The number of guanidine groups is 1. The number of hydrogen-bond acceptors (Lipinski definition) is 4. The van der Waals surface area contributed by atoms with Crippen molar-refractivity contribution < 1.29 is 4.39 Å². The van der Waals surface area contributed by atoms with Gasteiger partial charge in [-0.1, -0.05) is 30.3 Å². The maximum absolute atomic E-state index is 13.0. The second kappa shape index (κ2) is 13.3. The van der Waals surface area contributed by atoms with Crippen LogP contribution in [0.25, 0.3) is 0 Å². The Bertz CT molecular complexity index is 946. The SMILES string of the molecule is Cc1nnc(CNC(=NCc2ccccc2)NCCCSc2ccc(F)cc2)n1C.I. The minimum Gasteiger partial charge on any atom is -0.356 e. The van der Waals surface area contributed by atoms with E-state index in [0.717, 1.165) is 46.8 Å². The topological polar surface area (TPSA) is 67.1 Å². The van der Waals surface area contributed by atoms with Crippen molar-refractivity contribution in [1.82, 2.24) is 25.4 Å². The van der Waals surface area contributed by atoms with E-state index in [1.165, 1.54) is 12.1 Å². The Labute approximate surface area is 204 Å². The van der Waals surface area contributed by atoms with Gasteiger partial charge >= 0.3 is 0 Å². The van der Waals surface area contributed by atoms with E-state index in [9.17, 15) is 4.39 Å². The number of aryl methyl sites for hydroxylation is 1. The van der Waals surface area contributed by atoms with Gasteiger partial charge in [0.2, 0.25) is 0 Å². The van der Waals surface area contributed by atoms with Crippen LogP contribution >= 0.6 is 35.7 Å². The molecule has 0 saturated carbocycles. The molecule has 0 spiro atoms. The van der Waals surface area contributed by atoms with Crippen LogP contribution in [0, 0.1) is 12.7 Å². The summed E-state index contributed by atoms with van der Waals surface area (Å²) >= 11 is 1.72. The predicted molar refractivity (Wildman–Crippen MR) is 135 cm³/mol. The van der Waals surface area contributed by atoms with Crippen LogP contribution in [0.5, 0.6) is 0 Å². The summed E-state index contributed by atoms with van der Waals surface area (Å²) in [6, 6.07) is 16.8. The van der Waals surface area contributed by atoms with Gasteiger partial charge in [0.1, 0.15) is 11.6 Å². The van der Waals surface area contributed by atoms with Gasteiger partial charge in [0.15, 0.2) is 11.8 Å². The molecule has 166 valence electrons. The summed E-state index contributed by atoms with van der Waals surface area (Å²) in [4.78, 5) is 5.77. The molecule has 2 aromatic carbocycles. The highest BCUT2D eigenvalue weighted by atomic mass is 127. The second-order valence-corrected chi connectivity index (χ2v) is 7.98. The van der Waals surface area contributed by atoms with E-state index in [1.54, 1.807) is 11.8 Å². The fraction of sp³-hybridized carbons (Fsp3) is 0.318. The first-order chi connectivity index (χ1) is 14.6. The Balaban J connectivity index is 0.00000341. The lowest BCUT2D eigenvalue weighted by atomic mass is 10.2. The fourth-order valence-corrected chi connectivity index (χ4v) is 3.55. The zero-order chi connectivity index (χ0) is 21.2. The predicted octanol–water partition coefficient (Wildman–Crippen LogP) is 4.30. The smallest absolute Gasteiger partial charge is 0.191 e. The molecule has 0 amide bonds. The van der Waals surface area contributed by atoms with Gasteiger partial charge in [-0.25, -0.2) is 9.38 Å². The largest absolute Gasteiger partial charge is 0.356 e. The number of thioether (sulfide) groups is 1. The van der Waals surface area contributed by atoms with Crippen LogP contribution in [-0.2, 0) is 20.1 Å². The average molecular weight is 554 g/mol. The van der Waals surface area contributed by atoms with E-state index >= 15 is 0 Å². The molecule has 0 aliphatic heterocycles. The normalized spacial score (nSPS) is 11.1. The van der Waals surface area contributed by atoms with Crippen molar-refractivity contribution in [2.75, 3.05) is 12.3 Å². The molecule has 1 aromatic heterocycles. The molecule has 2 N–H and O–H groups in total. The second-order valence-electron chi connectivity index (χ2n) is 6.81. The zero-order valence-corrected chi connectivity index (χ0v) is 20.9. The number of hydrogen-bond donors (Lipinski definition) is 2. The third-order valence-electron chi connectivity index (χ3n) is 4.56. The van der Waals surface area contributed by atoms with Crippen LogP contribution in [0.15, 0.2) is 64.5 Å². The number of rotatable bonds is 9. The van der Waals surface area contributed by atoms with E-state index in [1.807, 2.05) is 48.9 Å². The maximum Gasteiger partial charge on any atom is 0.191 e. The molecule has 6 nitrogen and oxygen atoms in total. The molecule has 0 atom stereocenters. The van der Waals surface area contributed by atoms with Crippen LogP contribution in [0.1, 0.15) is 23.6 Å². The molecule has 0 bridgehead atoms. The van der Waals surface area contributed by atoms with Gasteiger partial charge in [-0.2, -0.15) is 0 Å². The van der Waals surface area contributed by atoms with E-state index in [4.69, 9.17) is 4.99 Å². The zero-order valence-electron chi connectivity index (χ0n) is 17.7. The van der Waals surface area contributed by atoms with Crippen LogP contribution in [-0.4, -0.2) is 33.0 Å². The molecule has 3 rings (SSSR count). The molecular formula is C22H28FIN6S. The summed E-state index contributed by atoms with van der Waals surface area (Å²) < 4.78 is 14.9. The molecule has 0 unspecified atom stereocenters. The Kier molecular flexibility index (Phi) is 10.8. The summed E-state index contributed by atoms with van der Waals surface area (Å²) in [6.45, 7) is 3.85. The molecule has 0 fully saturated rings. The molecule has 0 saturated heterocycles. The van der Waals surface area contributed by atoms with Crippen LogP contribution in [0.2, 0.25) is 0 Å². The summed E-state index contributed by atoms with van der Waals surface area (Å²) in [5, 5.41) is 15.0. The highest BCUT2D eigenvalue weighted by molar-refractivity contribution is 14.0. The van der Waals surface area contributed by atoms with Gasteiger partial charge in [-0.3, -0.25) is 0 Å². The number of halogens is 2. The molecular weight excluding hydrogens is 526 g/mol. The third kappa shape index (κ3) is 8.48. The van der Waals surface area contributed by atoms with Gasteiger partial charge in [-0.05, 0) is 48.9 Å². The maximum atomic E-state index is 13.0. The van der Waals surface area contributed by atoms with E-state index in [-0.39, 0.29) is 29.8 Å².